The van der Waals surface area contributed by atoms with Crippen LogP contribution >= 0.6 is 0 Å². The number of nitrogens with one attached hydrogen (secondary N) is 1. The van der Waals surface area contributed by atoms with Gasteiger partial charge in [0.15, 0.2) is 0 Å². The summed E-state index contributed by atoms with van der Waals surface area (Å²) in [5.74, 6) is -0.670. The van der Waals surface area contributed by atoms with Crippen molar-refractivity contribution in [3.63, 3.8) is 0 Å². The quantitative estimate of drug-likeness (QED) is 0.178. The van der Waals surface area contributed by atoms with E-state index in [0.717, 1.165) is 43.0 Å². The Bertz CT molecular complexity index is 1600. The van der Waals surface area contributed by atoms with Crippen molar-refractivity contribution in [2.24, 2.45) is 0 Å². The third-order valence-electron chi connectivity index (χ3n) is 8.47. The molecular weight excluding hydrogens is 658 g/mol. The first-order valence-electron chi connectivity index (χ1n) is 17.8. The lowest BCUT2D eigenvalue weighted by molar-refractivity contribution is 0.0418. The average molecular weight is 710 g/mol. The molecule has 0 unspecified atom stereocenters. The second-order valence-corrected chi connectivity index (χ2v) is 12.4. The van der Waals surface area contributed by atoms with Crippen LogP contribution in [0.2, 0.25) is 0 Å². The minimum atomic E-state index is -0.368. The van der Waals surface area contributed by atoms with E-state index < -0.39 is 0 Å². The molecule has 2 aliphatic rings. The first kappa shape index (κ1) is 39.8. The number of carbonyl (C=O) groups excluding carboxylic acids is 3. The molecule has 0 saturated carbocycles. The van der Waals surface area contributed by atoms with Crippen LogP contribution in [0.15, 0.2) is 109 Å². The van der Waals surface area contributed by atoms with Gasteiger partial charge in [-0.2, -0.15) is 0 Å². The summed E-state index contributed by atoms with van der Waals surface area (Å²) >= 11 is 0. The summed E-state index contributed by atoms with van der Waals surface area (Å²) in [6.07, 6.45) is 3.93. The number of hydrogen-bond donors (Lipinski definition) is 1. The smallest absolute Gasteiger partial charge is 0.337 e. The first-order valence-corrected chi connectivity index (χ1v) is 17.8. The Morgan fingerprint density at radius 3 is 1.44 bits per heavy atom. The van der Waals surface area contributed by atoms with Gasteiger partial charge in [-0.05, 0) is 65.8 Å². The van der Waals surface area contributed by atoms with Gasteiger partial charge in [0.2, 0.25) is 0 Å². The summed E-state index contributed by atoms with van der Waals surface area (Å²) in [5.41, 5.74) is 5.51. The Kier molecular flexibility index (Phi) is 17.4. The van der Waals surface area contributed by atoms with Gasteiger partial charge in [0.25, 0.3) is 0 Å². The fourth-order valence-electron chi connectivity index (χ4n) is 5.54. The van der Waals surface area contributed by atoms with Crippen LogP contribution in [0, 0.1) is 0 Å². The molecule has 4 aromatic rings. The number of methoxy groups -OCH3 is 2. The highest BCUT2D eigenvalue weighted by molar-refractivity contribution is 5.89. The lowest BCUT2D eigenvalue weighted by Gasteiger charge is -2.33. The van der Waals surface area contributed by atoms with Gasteiger partial charge in [-0.25, -0.2) is 14.4 Å². The molecule has 10 heteroatoms. The van der Waals surface area contributed by atoms with Crippen LogP contribution in [0.25, 0.3) is 0 Å². The standard InChI is InChI=1S/C21H24N2O4.C16H17NO2.C5H10O/c1-26-20(24)19-9-7-18(8-10-19)16-23(15-17-5-3-2-4-6-17)21(25)22-11-13-27-14-12-22;1-19-16(18)15-9-7-14(8-10-15)12-17-11-13-5-3-2-4-6-13;1-2-4-6-5-3-1/h2-10H,11-16H2,1H3;2-10,17H,11-12H2,1H3;1-5H2. The normalized spacial score (nSPS) is 13.7. The molecule has 2 saturated heterocycles. The predicted octanol–water partition coefficient (Wildman–Crippen LogP) is 6.88. The van der Waals surface area contributed by atoms with Crippen LogP contribution in [0.5, 0.6) is 0 Å². The molecule has 0 atom stereocenters. The maximum atomic E-state index is 13.1. The van der Waals surface area contributed by atoms with Gasteiger partial charge in [-0.1, -0.05) is 84.9 Å². The van der Waals surface area contributed by atoms with Crippen LogP contribution in [-0.4, -0.2) is 81.5 Å². The number of morpholine rings is 1. The topological polar surface area (TPSA) is 107 Å². The van der Waals surface area contributed by atoms with Crippen molar-refractivity contribution >= 4 is 18.0 Å². The van der Waals surface area contributed by atoms with Gasteiger partial charge in [0, 0.05) is 52.5 Å². The Hall–Kier alpha value is -5.03. The molecule has 2 aliphatic heterocycles. The van der Waals surface area contributed by atoms with Gasteiger partial charge in [0.1, 0.15) is 0 Å². The third kappa shape index (κ3) is 13.9. The summed E-state index contributed by atoms with van der Waals surface area (Å²) in [6, 6.07) is 34.8. The van der Waals surface area contributed by atoms with Gasteiger partial charge in [-0.3, -0.25) is 0 Å². The molecule has 1 N–H and O–H groups in total. The summed E-state index contributed by atoms with van der Waals surface area (Å²) in [4.78, 5) is 39.6. The first-order chi connectivity index (χ1) is 25.5. The zero-order chi connectivity index (χ0) is 36.8. The minimum absolute atomic E-state index is 0.000743. The van der Waals surface area contributed by atoms with Crippen molar-refractivity contribution < 1.29 is 33.3 Å². The number of amides is 2. The monoisotopic (exact) mass is 709 g/mol. The largest absolute Gasteiger partial charge is 0.465 e. The molecule has 2 heterocycles. The third-order valence-corrected chi connectivity index (χ3v) is 8.47. The molecule has 4 aromatic carbocycles. The fraction of sp³-hybridized carbons (Fsp3) is 0.357. The number of rotatable bonds is 10. The van der Waals surface area contributed by atoms with E-state index in [9.17, 15) is 14.4 Å². The van der Waals surface area contributed by atoms with Crippen molar-refractivity contribution in [2.45, 2.75) is 45.4 Å². The molecule has 6 rings (SSSR count). The molecule has 0 radical (unpaired) electrons. The molecule has 52 heavy (non-hydrogen) atoms. The van der Waals surface area contributed by atoms with Gasteiger partial charge in [0.05, 0.1) is 38.6 Å². The van der Waals surface area contributed by atoms with Crippen molar-refractivity contribution in [1.82, 2.24) is 15.1 Å². The Morgan fingerprint density at radius 1 is 0.577 bits per heavy atom. The van der Waals surface area contributed by atoms with E-state index in [1.54, 1.807) is 24.3 Å². The van der Waals surface area contributed by atoms with Crippen molar-refractivity contribution in [3.05, 3.63) is 143 Å². The SMILES string of the molecule is C1CCOCC1.COC(=O)c1ccc(CN(Cc2ccccc2)C(=O)N2CCOCC2)cc1.COC(=O)c1ccc(CNCc2ccccc2)cc1. The highest BCUT2D eigenvalue weighted by Gasteiger charge is 2.23. The highest BCUT2D eigenvalue weighted by atomic mass is 16.5. The van der Waals surface area contributed by atoms with Crippen LogP contribution in [-0.2, 0) is 45.1 Å². The number of urea groups is 1. The summed E-state index contributed by atoms with van der Waals surface area (Å²) in [6.45, 7) is 6.94. The van der Waals surface area contributed by atoms with Crippen LogP contribution in [0.1, 0.15) is 62.2 Å². The van der Waals surface area contributed by atoms with Crippen molar-refractivity contribution in [1.29, 1.82) is 0 Å². The molecule has 0 bridgehead atoms. The average Bonchev–Trinajstić information content (AvgIpc) is 3.22. The van der Waals surface area contributed by atoms with Crippen LogP contribution in [0.3, 0.4) is 0 Å². The van der Waals surface area contributed by atoms with Crippen LogP contribution in [0.4, 0.5) is 4.79 Å². The van der Waals surface area contributed by atoms with Gasteiger partial charge >= 0.3 is 18.0 Å². The van der Waals surface area contributed by atoms with E-state index in [2.05, 4.69) is 22.2 Å². The lowest BCUT2D eigenvalue weighted by Crippen LogP contribution is -2.47. The fourth-order valence-corrected chi connectivity index (χ4v) is 5.54. The molecule has 10 nitrogen and oxygen atoms in total. The number of ether oxygens (including phenoxy) is 4. The van der Waals surface area contributed by atoms with E-state index in [1.165, 1.54) is 39.0 Å². The van der Waals surface area contributed by atoms with E-state index in [-0.39, 0.29) is 18.0 Å². The Morgan fingerprint density at radius 2 is 1.00 bits per heavy atom. The highest BCUT2D eigenvalue weighted by Crippen LogP contribution is 2.15. The Balaban J connectivity index is 0.000000209. The van der Waals surface area contributed by atoms with Gasteiger partial charge < -0.3 is 34.1 Å². The summed E-state index contributed by atoms with van der Waals surface area (Å²) in [7, 11) is 2.75. The van der Waals surface area contributed by atoms with E-state index in [4.69, 9.17) is 14.2 Å². The summed E-state index contributed by atoms with van der Waals surface area (Å²) < 4.78 is 19.8. The zero-order valence-electron chi connectivity index (χ0n) is 30.3. The maximum Gasteiger partial charge on any atom is 0.337 e. The molecule has 0 aliphatic carbocycles. The Labute approximate surface area is 307 Å². The predicted molar refractivity (Wildman–Crippen MR) is 201 cm³/mol. The van der Waals surface area contributed by atoms with Gasteiger partial charge in [-0.15, -0.1) is 0 Å². The molecule has 2 fully saturated rings. The molecule has 276 valence electrons. The summed E-state index contributed by atoms with van der Waals surface area (Å²) in [5, 5.41) is 3.36. The second kappa shape index (κ2) is 22.7. The van der Waals surface area contributed by atoms with E-state index >= 15 is 0 Å². The van der Waals surface area contributed by atoms with E-state index in [0.29, 0.717) is 50.5 Å². The van der Waals surface area contributed by atoms with Crippen molar-refractivity contribution in [2.75, 3.05) is 53.7 Å². The molecule has 0 spiro atoms. The number of esters is 2. The number of nitrogens with zero attached hydrogens (tertiary/aromatic N) is 2. The minimum Gasteiger partial charge on any atom is -0.465 e. The molecular formula is C42H51N3O7. The molecule has 2 amide bonds. The number of benzene rings is 4. The second-order valence-electron chi connectivity index (χ2n) is 12.4. The number of hydrogen-bond acceptors (Lipinski definition) is 8. The lowest BCUT2D eigenvalue weighted by atomic mass is 10.1. The van der Waals surface area contributed by atoms with Crippen LogP contribution < -0.4 is 5.32 Å². The maximum absolute atomic E-state index is 13.1. The van der Waals surface area contributed by atoms with Crippen molar-refractivity contribution in [3.8, 4) is 0 Å². The number of carbonyl (C=O) groups is 3. The zero-order valence-corrected chi connectivity index (χ0v) is 30.3. The molecule has 0 aromatic heterocycles. The van der Waals surface area contributed by atoms with E-state index in [1.807, 2.05) is 82.6 Å².